The number of hydrogen-bond acceptors (Lipinski definition) is 8. The molecule has 0 aromatic heterocycles. The summed E-state index contributed by atoms with van der Waals surface area (Å²) < 4.78 is 46.7. The minimum absolute atomic E-state index is 0.0593. The second kappa shape index (κ2) is 10.2. The fourth-order valence-corrected chi connectivity index (χ4v) is 5.14. The largest absolute Gasteiger partial charge is 0.488 e. The molecular weight excluding hydrogens is 463 g/mol. The van der Waals surface area contributed by atoms with Crippen LogP contribution >= 0.6 is 0 Å². The molecular formula is C23H37FN4O5S. The maximum Gasteiger partial charge on any atom is 0.488 e. The number of rotatable bonds is 5. The smallest absolute Gasteiger partial charge is 0.444 e. The summed E-state index contributed by atoms with van der Waals surface area (Å²) in [6, 6.07) is 0. The average molecular weight is 501 g/mol. The Kier molecular flexibility index (Phi) is 7.99. The Morgan fingerprint density at radius 2 is 1.56 bits per heavy atom. The van der Waals surface area contributed by atoms with Crippen LogP contribution in [0.5, 0.6) is 5.75 Å². The van der Waals surface area contributed by atoms with Crippen LogP contribution in [0.4, 0.5) is 14.4 Å². The lowest BCUT2D eigenvalue weighted by Gasteiger charge is -2.37. The van der Waals surface area contributed by atoms with Gasteiger partial charge >= 0.3 is 16.6 Å². The molecule has 3 rings (SSSR count). The summed E-state index contributed by atoms with van der Waals surface area (Å²) in [5, 5.41) is 3.32. The maximum absolute atomic E-state index is 13.6. The zero-order valence-corrected chi connectivity index (χ0v) is 21.8. The molecule has 192 valence electrons. The van der Waals surface area contributed by atoms with Crippen molar-refractivity contribution in [2.75, 3.05) is 57.3 Å². The van der Waals surface area contributed by atoms with E-state index in [2.05, 4.69) is 15.1 Å². The molecule has 2 heterocycles. The molecule has 9 nitrogen and oxygen atoms in total. The molecule has 2 fully saturated rings. The zero-order chi connectivity index (χ0) is 25.3. The number of benzene rings is 1. The SMILES string of the molecule is Cc1c(CN2CCN(C(=O)OC(C)(C)C)CC2)c(C)c(N2CCNCC2)c(C)c1OS(=O)(=O)F. The number of amides is 1. The molecule has 2 aliphatic rings. The van der Waals surface area contributed by atoms with Gasteiger partial charge in [0.1, 0.15) is 5.60 Å². The van der Waals surface area contributed by atoms with Gasteiger partial charge in [-0.1, -0.05) is 3.89 Å². The second-order valence-corrected chi connectivity index (χ2v) is 10.9. The molecule has 0 atom stereocenters. The van der Waals surface area contributed by atoms with Crippen LogP contribution in [-0.4, -0.2) is 82.3 Å². The third-order valence-corrected chi connectivity index (χ3v) is 6.68. The van der Waals surface area contributed by atoms with Gasteiger partial charge in [0.25, 0.3) is 0 Å². The fourth-order valence-electron chi connectivity index (χ4n) is 4.69. The topological polar surface area (TPSA) is 91.4 Å². The van der Waals surface area contributed by atoms with E-state index in [1.165, 1.54) is 0 Å². The number of piperazine rings is 2. The van der Waals surface area contributed by atoms with Gasteiger partial charge in [0.15, 0.2) is 5.75 Å². The zero-order valence-electron chi connectivity index (χ0n) is 21.0. The van der Waals surface area contributed by atoms with Crippen LogP contribution in [0, 0.1) is 20.8 Å². The Hall–Kier alpha value is -2.11. The summed E-state index contributed by atoms with van der Waals surface area (Å²) in [6.45, 7) is 17.2. The van der Waals surface area contributed by atoms with E-state index in [4.69, 9.17) is 8.92 Å². The van der Waals surface area contributed by atoms with E-state index < -0.39 is 16.1 Å². The number of carbonyl (C=O) groups is 1. The van der Waals surface area contributed by atoms with Gasteiger partial charge in [-0.25, -0.2) is 4.79 Å². The lowest BCUT2D eigenvalue weighted by molar-refractivity contribution is 0.0138. The predicted octanol–water partition coefficient (Wildman–Crippen LogP) is 2.67. The van der Waals surface area contributed by atoms with Crippen molar-refractivity contribution in [2.45, 2.75) is 53.7 Å². The van der Waals surface area contributed by atoms with E-state index in [0.29, 0.717) is 43.9 Å². The van der Waals surface area contributed by atoms with Crippen LogP contribution in [0.1, 0.15) is 43.0 Å². The van der Waals surface area contributed by atoms with Crippen molar-refractivity contribution in [3.8, 4) is 5.75 Å². The Balaban J connectivity index is 1.86. The standard InChI is InChI=1S/C23H37FN4O5S/c1-16-19(15-26-11-13-28(14-12-26)22(29)32-23(4,5)6)17(2)21(33-34(24,30)31)18(3)20(16)27-9-7-25-8-10-27/h25H,7-15H2,1-6H3. The number of nitrogens with one attached hydrogen (secondary N) is 1. The molecule has 1 aromatic carbocycles. The molecule has 0 spiro atoms. The van der Waals surface area contributed by atoms with Gasteiger partial charge in [0.05, 0.1) is 0 Å². The summed E-state index contributed by atoms with van der Waals surface area (Å²) in [5.41, 5.74) is 3.55. The minimum Gasteiger partial charge on any atom is -0.444 e. The molecule has 0 radical (unpaired) electrons. The summed E-state index contributed by atoms with van der Waals surface area (Å²) >= 11 is 0. The Morgan fingerprint density at radius 3 is 2.09 bits per heavy atom. The van der Waals surface area contributed by atoms with Crippen molar-refractivity contribution in [1.29, 1.82) is 0 Å². The number of halogens is 1. The van der Waals surface area contributed by atoms with E-state index in [1.54, 1.807) is 18.7 Å². The Bertz CT molecular complexity index is 1010. The highest BCUT2D eigenvalue weighted by Gasteiger charge is 2.29. The quantitative estimate of drug-likeness (QED) is 0.617. The first-order valence-corrected chi connectivity index (χ1v) is 13.0. The molecule has 11 heteroatoms. The van der Waals surface area contributed by atoms with E-state index >= 15 is 0 Å². The normalized spacial score (nSPS) is 18.2. The van der Waals surface area contributed by atoms with Crippen molar-refractivity contribution < 1.29 is 26.0 Å². The molecule has 34 heavy (non-hydrogen) atoms. The summed E-state index contributed by atoms with van der Waals surface area (Å²) in [5.74, 6) is 0.0593. The van der Waals surface area contributed by atoms with Crippen molar-refractivity contribution in [1.82, 2.24) is 15.1 Å². The summed E-state index contributed by atoms with van der Waals surface area (Å²) in [6.07, 6.45) is -0.320. The first-order chi connectivity index (χ1) is 15.8. The average Bonchev–Trinajstić information content (AvgIpc) is 2.74. The molecule has 2 aliphatic heterocycles. The van der Waals surface area contributed by atoms with Crippen LogP contribution in [0.2, 0.25) is 0 Å². The molecule has 0 aliphatic carbocycles. The summed E-state index contributed by atoms with van der Waals surface area (Å²) in [7, 11) is -5.17. The predicted molar refractivity (Wildman–Crippen MR) is 129 cm³/mol. The maximum atomic E-state index is 13.6. The minimum atomic E-state index is -5.17. The third-order valence-electron chi connectivity index (χ3n) is 6.32. The Morgan fingerprint density at radius 1 is 0.971 bits per heavy atom. The van der Waals surface area contributed by atoms with E-state index in [-0.39, 0.29) is 11.8 Å². The summed E-state index contributed by atoms with van der Waals surface area (Å²) in [4.78, 5) is 18.5. The molecule has 1 N–H and O–H groups in total. The lowest BCUT2D eigenvalue weighted by atomic mass is 9.94. The second-order valence-electron chi connectivity index (χ2n) is 9.99. The van der Waals surface area contributed by atoms with Crippen LogP contribution < -0.4 is 14.4 Å². The van der Waals surface area contributed by atoms with Gasteiger partial charge in [-0.05, 0) is 58.2 Å². The first kappa shape index (κ1) is 26.5. The van der Waals surface area contributed by atoms with Crippen molar-refractivity contribution in [3.63, 3.8) is 0 Å². The Labute approximate surface area is 202 Å². The number of ether oxygens (including phenoxy) is 1. The lowest BCUT2D eigenvalue weighted by Crippen LogP contribution is -2.49. The van der Waals surface area contributed by atoms with Crippen LogP contribution in [-0.2, 0) is 21.8 Å². The van der Waals surface area contributed by atoms with Crippen molar-refractivity contribution >= 4 is 22.3 Å². The van der Waals surface area contributed by atoms with Gasteiger partial charge in [0.2, 0.25) is 0 Å². The van der Waals surface area contributed by atoms with Crippen LogP contribution in [0.25, 0.3) is 0 Å². The van der Waals surface area contributed by atoms with Crippen molar-refractivity contribution in [2.24, 2.45) is 0 Å². The molecule has 1 amide bonds. The van der Waals surface area contributed by atoms with Gasteiger partial charge in [-0.15, -0.1) is 0 Å². The van der Waals surface area contributed by atoms with E-state index in [0.717, 1.165) is 43.0 Å². The molecule has 0 unspecified atom stereocenters. The van der Waals surface area contributed by atoms with E-state index in [1.807, 2.05) is 27.7 Å². The molecule has 0 bridgehead atoms. The number of hydrogen-bond donors (Lipinski definition) is 1. The number of nitrogens with zero attached hydrogens (tertiary/aromatic N) is 3. The van der Waals surface area contributed by atoms with Gasteiger partial charge < -0.3 is 24.0 Å². The monoisotopic (exact) mass is 500 g/mol. The van der Waals surface area contributed by atoms with Gasteiger partial charge in [-0.3, -0.25) is 4.90 Å². The van der Waals surface area contributed by atoms with Gasteiger partial charge in [-0.2, -0.15) is 8.42 Å². The van der Waals surface area contributed by atoms with Gasteiger partial charge in [0, 0.05) is 70.2 Å². The van der Waals surface area contributed by atoms with Crippen LogP contribution in [0.3, 0.4) is 0 Å². The third kappa shape index (κ3) is 6.51. The number of carbonyl (C=O) groups excluding carboxylic acids is 1. The number of anilines is 1. The van der Waals surface area contributed by atoms with Crippen molar-refractivity contribution in [3.05, 3.63) is 22.3 Å². The van der Waals surface area contributed by atoms with Crippen LogP contribution in [0.15, 0.2) is 0 Å². The fraction of sp³-hybridized carbons (Fsp3) is 0.696. The highest BCUT2D eigenvalue weighted by molar-refractivity contribution is 7.81. The molecule has 1 aromatic rings. The highest BCUT2D eigenvalue weighted by atomic mass is 32.3. The molecule has 0 saturated carbocycles. The first-order valence-electron chi connectivity index (χ1n) is 11.7. The highest BCUT2D eigenvalue weighted by Crippen LogP contribution is 2.40. The van der Waals surface area contributed by atoms with E-state index in [9.17, 15) is 17.1 Å². The molecule has 2 saturated heterocycles.